The quantitative estimate of drug-likeness (QED) is 0.0213. The van der Waals surface area contributed by atoms with Gasteiger partial charge in [-0.1, -0.05) is 177 Å². The molecule has 0 spiro atoms. The molecule has 9 nitrogen and oxygen atoms in total. The van der Waals surface area contributed by atoms with Gasteiger partial charge in [0.25, 0.3) is 0 Å². The third-order valence-electron chi connectivity index (χ3n) is 9.81. The van der Waals surface area contributed by atoms with Gasteiger partial charge in [-0.2, -0.15) is 0 Å². The summed E-state index contributed by atoms with van der Waals surface area (Å²) in [6.07, 6.45) is 49.9. The van der Waals surface area contributed by atoms with Crippen molar-refractivity contribution < 1.29 is 42.1 Å². The molecule has 2 unspecified atom stereocenters. The van der Waals surface area contributed by atoms with Crippen LogP contribution in [0.25, 0.3) is 0 Å². The Hall–Kier alpha value is -2.29. The van der Waals surface area contributed by atoms with Crippen LogP contribution >= 0.6 is 7.82 Å². The highest BCUT2D eigenvalue weighted by atomic mass is 31.2. The minimum Gasteiger partial charge on any atom is -0.462 e. The van der Waals surface area contributed by atoms with Crippen LogP contribution in [0.2, 0.25) is 0 Å². The molecule has 2 atom stereocenters. The van der Waals surface area contributed by atoms with Gasteiger partial charge in [0.05, 0.1) is 27.7 Å². The molecule has 342 valence electrons. The largest absolute Gasteiger partial charge is 0.472 e. The Kier molecular flexibility index (Phi) is 39.5. The molecule has 0 fully saturated rings. The monoisotopic (exact) mass is 851 g/mol. The summed E-state index contributed by atoms with van der Waals surface area (Å²) < 4.78 is 34.3. The maximum atomic E-state index is 12.7. The summed E-state index contributed by atoms with van der Waals surface area (Å²) in [5, 5.41) is 0. The van der Waals surface area contributed by atoms with Gasteiger partial charge in [-0.25, -0.2) is 4.57 Å². The van der Waals surface area contributed by atoms with Crippen LogP contribution in [0.3, 0.4) is 0 Å². The SMILES string of the molecule is CC/C=C\C/C=C\C/C=C\C/C=C\C/C=C\CCCCCCCCCCCC(=O)OC(COC(=O)CCCCCCCCCCCC)COP(=O)(O)OCC[N+](C)(C)C. The first-order chi connectivity index (χ1) is 28.5. The van der Waals surface area contributed by atoms with E-state index in [1.54, 1.807) is 0 Å². The molecule has 0 aliphatic carbocycles. The lowest BCUT2D eigenvalue weighted by molar-refractivity contribution is -0.870. The third-order valence-corrected chi connectivity index (χ3v) is 10.8. The molecule has 0 amide bonds. The average Bonchev–Trinajstić information content (AvgIpc) is 3.19. The molecule has 0 aromatic carbocycles. The van der Waals surface area contributed by atoms with Crippen LogP contribution in [0.1, 0.15) is 187 Å². The van der Waals surface area contributed by atoms with Crippen molar-refractivity contribution >= 4 is 19.8 Å². The fourth-order valence-electron chi connectivity index (χ4n) is 6.16. The first kappa shape index (κ1) is 56.7. The zero-order valence-corrected chi connectivity index (χ0v) is 39.4. The summed E-state index contributed by atoms with van der Waals surface area (Å²) in [6.45, 7) is 4.28. The van der Waals surface area contributed by atoms with Gasteiger partial charge in [0.2, 0.25) is 0 Å². The summed E-state index contributed by atoms with van der Waals surface area (Å²) in [5.74, 6) is -0.808. The summed E-state index contributed by atoms with van der Waals surface area (Å²) >= 11 is 0. The van der Waals surface area contributed by atoms with E-state index in [1.165, 1.54) is 77.0 Å². The molecule has 0 rings (SSSR count). The highest BCUT2D eigenvalue weighted by Crippen LogP contribution is 2.43. The van der Waals surface area contributed by atoms with Gasteiger partial charge >= 0.3 is 19.8 Å². The van der Waals surface area contributed by atoms with E-state index >= 15 is 0 Å². The zero-order valence-electron chi connectivity index (χ0n) is 38.5. The van der Waals surface area contributed by atoms with Crippen molar-refractivity contribution in [3.63, 3.8) is 0 Å². The number of phosphoric ester groups is 1. The number of likely N-dealkylation sites (N-methyl/N-ethyl adjacent to an activating group) is 1. The van der Waals surface area contributed by atoms with E-state index in [1.807, 2.05) is 21.1 Å². The molecule has 0 aliphatic rings. The van der Waals surface area contributed by atoms with Gasteiger partial charge in [0.15, 0.2) is 6.10 Å². The van der Waals surface area contributed by atoms with Crippen molar-refractivity contribution in [1.82, 2.24) is 0 Å². The van der Waals surface area contributed by atoms with Crippen molar-refractivity contribution in [3.8, 4) is 0 Å². The van der Waals surface area contributed by atoms with Gasteiger partial charge < -0.3 is 18.9 Å². The number of phosphoric acid groups is 1. The lowest BCUT2D eigenvalue weighted by atomic mass is 10.1. The van der Waals surface area contributed by atoms with Crippen LogP contribution in [-0.2, 0) is 32.7 Å². The Balaban J connectivity index is 4.23. The maximum absolute atomic E-state index is 12.7. The molecular formula is C49H89NO8P+. The van der Waals surface area contributed by atoms with Crippen LogP contribution in [-0.4, -0.2) is 74.9 Å². The molecule has 0 aromatic rings. The highest BCUT2D eigenvalue weighted by Gasteiger charge is 2.27. The third kappa shape index (κ3) is 45.1. The van der Waals surface area contributed by atoms with E-state index in [4.69, 9.17) is 18.5 Å². The number of allylic oxidation sites excluding steroid dienone is 10. The van der Waals surface area contributed by atoms with Crippen molar-refractivity contribution in [2.45, 2.75) is 193 Å². The second-order valence-corrected chi connectivity index (χ2v) is 18.2. The van der Waals surface area contributed by atoms with E-state index in [0.29, 0.717) is 17.4 Å². The first-order valence-corrected chi connectivity index (χ1v) is 25.0. The Morgan fingerprint density at radius 3 is 1.44 bits per heavy atom. The van der Waals surface area contributed by atoms with Crippen LogP contribution in [0.5, 0.6) is 0 Å². The number of esters is 2. The fraction of sp³-hybridized carbons (Fsp3) is 0.755. The summed E-state index contributed by atoms with van der Waals surface area (Å²) in [6, 6.07) is 0. The van der Waals surface area contributed by atoms with Crippen LogP contribution in [0.4, 0.5) is 0 Å². The number of ether oxygens (including phenoxy) is 2. The van der Waals surface area contributed by atoms with Gasteiger partial charge in [-0.3, -0.25) is 18.6 Å². The lowest BCUT2D eigenvalue weighted by Crippen LogP contribution is -2.37. The Morgan fingerprint density at radius 2 is 0.966 bits per heavy atom. The molecule has 10 heteroatoms. The predicted molar refractivity (Wildman–Crippen MR) is 247 cm³/mol. The Bertz CT molecular complexity index is 1190. The number of carbonyl (C=O) groups is 2. The zero-order chi connectivity index (χ0) is 43.6. The lowest BCUT2D eigenvalue weighted by Gasteiger charge is -2.24. The predicted octanol–water partition coefficient (Wildman–Crippen LogP) is 13.6. The molecule has 1 N–H and O–H groups in total. The van der Waals surface area contributed by atoms with Gasteiger partial charge in [0, 0.05) is 12.8 Å². The van der Waals surface area contributed by atoms with Gasteiger partial charge in [0.1, 0.15) is 19.8 Å². The standard InChI is InChI=1S/C49H88NO8P/c1-6-8-10-12-14-16-18-19-20-21-22-23-24-25-26-27-28-29-30-31-32-34-36-38-40-42-49(52)58-47(46-57-59(53,54)56-44-43-50(3,4)5)45-55-48(51)41-39-37-35-33-17-15-13-11-9-7-2/h8,10,14,16,19-20,22-23,25-26,47H,6-7,9,11-13,15,17-18,21,24,27-46H2,1-5H3/p+1/b10-8-,16-14-,20-19-,23-22-,26-25-. The van der Waals surface area contributed by atoms with Crippen LogP contribution < -0.4 is 0 Å². The topological polar surface area (TPSA) is 108 Å². The number of rotatable bonds is 42. The molecule has 0 bridgehead atoms. The van der Waals surface area contributed by atoms with Crippen LogP contribution in [0, 0.1) is 0 Å². The van der Waals surface area contributed by atoms with Gasteiger partial charge in [-0.05, 0) is 57.8 Å². The van der Waals surface area contributed by atoms with E-state index in [9.17, 15) is 19.0 Å². The molecule has 0 aromatic heterocycles. The van der Waals surface area contributed by atoms with E-state index in [2.05, 4.69) is 74.6 Å². The van der Waals surface area contributed by atoms with Crippen molar-refractivity contribution in [1.29, 1.82) is 0 Å². The van der Waals surface area contributed by atoms with E-state index < -0.39 is 26.5 Å². The van der Waals surface area contributed by atoms with E-state index in [-0.39, 0.29) is 32.0 Å². The molecule has 0 heterocycles. The number of unbranched alkanes of at least 4 members (excludes halogenated alkanes) is 18. The smallest absolute Gasteiger partial charge is 0.462 e. The summed E-state index contributed by atoms with van der Waals surface area (Å²) in [4.78, 5) is 35.4. The van der Waals surface area contributed by atoms with Gasteiger partial charge in [-0.15, -0.1) is 0 Å². The Labute approximate surface area is 362 Å². The molecular weight excluding hydrogens is 762 g/mol. The Morgan fingerprint density at radius 1 is 0.542 bits per heavy atom. The normalized spacial score (nSPS) is 14.1. The maximum Gasteiger partial charge on any atom is 0.472 e. The molecule has 0 aliphatic heterocycles. The number of nitrogens with zero attached hydrogens (tertiary/aromatic N) is 1. The fourth-order valence-corrected chi connectivity index (χ4v) is 6.90. The highest BCUT2D eigenvalue weighted by molar-refractivity contribution is 7.47. The molecule has 0 saturated carbocycles. The molecule has 59 heavy (non-hydrogen) atoms. The van der Waals surface area contributed by atoms with Crippen molar-refractivity contribution in [2.24, 2.45) is 0 Å². The number of hydrogen-bond acceptors (Lipinski definition) is 7. The minimum absolute atomic E-state index is 0.0291. The van der Waals surface area contributed by atoms with Crippen molar-refractivity contribution in [3.05, 3.63) is 60.8 Å². The summed E-state index contributed by atoms with van der Waals surface area (Å²) in [7, 11) is 1.47. The van der Waals surface area contributed by atoms with E-state index in [0.717, 1.165) is 77.0 Å². The molecule has 0 radical (unpaired) electrons. The second kappa shape index (κ2) is 41.1. The van der Waals surface area contributed by atoms with Crippen LogP contribution in [0.15, 0.2) is 60.8 Å². The summed E-state index contributed by atoms with van der Waals surface area (Å²) in [5.41, 5.74) is 0. The number of quaternary nitrogens is 1. The minimum atomic E-state index is -4.38. The number of hydrogen-bond donors (Lipinski definition) is 1. The molecule has 0 saturated heterocycles. The second-order valence-electron chi connectivity index (χ2n) is 16.8. The average molecular weight is 851 g/mol. The first-order valence-electron chi connectivity index (χ1n) is 23.5. The van der Waals surface area contributed by atoms with Crippen molar-refractivity contribution in [2.75, 3.05) is 47.5 Å². The number of carbonyl (C=O) groups excluding carboxylic acids is 2.